The van der Waals surface area contributed by atoms with Crippen LogP contribution in [0, 0.1) is 19.7 Å². The van der Waals surface area contributed by atoms with Gasteiger partial charge in [-0.05, 0) is 54.3 Å². The minimum absolute atomic E-state index is 0.0138. The van der Waals surface area contributed by atoms with Crippen molar-refractivity contribution in [1.82, 2.24) is 9.55 Å². The molecule has 0 aliphatic carbocycles. The summed E-state index contributed by atoms with van der Waals surface area (Å²) in [6.45, 7) is 4.02. The molecule has 3 aromatic rings. The van der Waals surface area contributed by atoms with E-state index in [0.29, 0.717) is 5.69 Å². The number of methoxy groups -OCH3 is 1. The topological polar surface area (TPSA) is 76.4 Å². The fourth-order valence-corrected chi connectivity index (χ4v) is 3.19. The molecule has 0 saturated heterocycles. The van der Waals surface area contributed by atoms with Gasteiger partial charge in [0.05, 0.1) is 31.5 Å². The number of nitrogens with zero attached hydrogens (tertiary/aromatic N) is 2. The average molecular weight is 418 g/mol. The second-order valence-corrected chi connectivity index (χ2v) is 7.10. The van der Waals surface area contributed by atoms with E-state index in [4.69, 9.17) is 16.3 Å². The molecule has 0 saturated carbocycles. The monoisotopic (exact) mass is 417 g/mol. The Morgan fingerprint density at radius 2 is 2.00 bits per heavy atom. The predicted molar refractivity (Wildman–Crippen MR) is 111 cm³/mol. The Balaban J connectivity index is 2.05. The molecule has 0 spiro atoms. The average Bonchev–Trinajstić information content (AvgIpc) is 2.68. The molecule has 1 aromatic heterocycles. The summed E-state index contributed by atoms with van der Waals surface area (Å²) in [5.41, 5.74) is 3.59. The van der Waals surface area contributed by atoms with Crippen LogP contribution in [0.5, 0.6) is 5.75 Å². The number of aliphatic hydroxyl groups excluding tert-OH is 1. The molecule has 1 heterocycles. The number of aliphatic hydroxyl groups is 1. The van der Waals surface area contributed by atoms with Crippen molar-refractivity contribution in [3.8, 4) is 5.75 Å². The molecular weight excluding hydrogens is 397 g/mol. The second kappa shape index (κ2) is 8.63. The largest absolute Gasteiger partial charge is 0.490 e. The van der Waals surface area contributed by atoms with Crippen LogP contribution in [-0.2, 0) is 13.2 Å². The standard InChI is InChI=1S/C21H21ClFN3O3/c1-12-6-13(2)18(8-15(12)11-27)24-21-25-20(28)19(29-3)10-26(21)9-14-4-5-17(23)16(22)7-14/h4-8,10,27H,9,11H2,1-3H3,(H,24,25,28). The van der Waals surface area contributed by atoms with Gasteiger partial charge in [-0.25, -0.2) is 4.39 Å². The molecule has 2 N–H and O–H groups in total. The van der Waals surface area contributed by atoms with E-state index < -0.39 is 11.4 Å². The summed E-state index contributed by atoms with van der Waals surface area (Å²) in [4.78, 5) is 16.3. The van der Waals surface area contributed by atoms with Crippen LogP contribution in [0.25, 0.3) is 0 Å². The maximum Gasteiger partial charge on any atom is 0.316 e. The lowest BCUT2D eigenvalue weighted by atomic mass is 10.0. The van der Waals surface area contributed by atoms with Gasteiger partial charge in [-0.3, -0.25) is 4.79 Å². The molecule has 29 heavy (non-hydrogen) atoms. The van der Waals surface area contributed by atoms with Gasteiger partial charge in [-0.2, -0.15) is 4.98 Å². The maximum atomic E-state index is 13.5. The summed E-state index contributed by atoms with van der Waals surface area (Å²) >= 11 is 5.89. The third kappa shape index (κ3) is 4.58. The molecule has 3 rings (SSSR count). The highest BCUT2D eigenvalue weighted by molar-refractivity contribution is 6.30. The summed E-state index contributed by atoms with van der Waals surface area (Å²) in [6.07, 6.45) is 1.53. The molecular formula is C21H21ClFN3O3. The first-order valence-electron chi connectivity index (χ1n) is 8.89. The number of rotatable bonds is 6. The molecule has 0 bridgehead atoms. The van der Waals surface area contributed by atoms with Crippen LogP contribution >= 0.6 is 11.6 Å². The summed E-state index contributed by atoms with van der Waals surface area (Å²) in [5.74, 6) is -0.135. The van der Waals surface area contributed by atoms with Crippen molar-refractivity contribution in [3.05, 3.63) is 80.0 Å². The lowest BCUT2D eigenvalue weighted by Crippen LogP contribution is -2.19. The number of hydrogen-bond acceptors (Lipinski definition) is 5. The zero-order chi connectivity index (χ0) is 21.1. The zero-order valence-corrected chi connectivity index (χ0v) is 17.0. The smallest absolute Gasteiger partial charge is 0.316 e. The Bertz CT molecular complexity index is 1120. The molecule has 8 heteroatoms. The Labute approximate surface area is 172 Å². The van der Waals surface area contributed by atoms with E-state index in [0.717, 1.165) is 22.3 Å². The van der Waals surface area contributed by atoms with Gasteiger partial charge in [0.2, 0.25) is 11.7 Å². The van der Waals surface area contributed by atoms with E-state index in [1.165, 1.54) is 25.4 Å². The van der Waals surface area contributed by atoms with Crippen molar-refractivity contribution in [2.45, 2.75) is 27.0 Å². The van der Waals surface area contributed by atoms with Crippen molar-refractivity contribution in [1.29, 1.82) is 0 Å². The lowest BCUT2D eigenvalue weighted by Gasteiger charge is -2.17. The van der Waals surface area contributed by atoms with E-state index in [9.17, 15) is 14.3 Å². The van der Waals surface area contributed by atoms with Crippen LogP contribution in [0.3, 0.4) is 0 Å². The number of hydrogen-bond donors (Lipinski definition) is 2. The maximum absolute atomic E-state index is 13.5. The molecule has 6 nitrogen and oxygen atoms in total. The molecule has 0 radical (unpaired) electrons. The van der Waals surface area contributed by atoms with E-state index in [1.54, 1.807) is 10.6 Å². The minimum atomic E-state index is -0.518. The zero-order valence-electron chi connectivity index (χ0n) is 16.3. The van der Waals surface area contributed by atoms with Crippen molar-refractivity contribution >= 4 is 23.2 Å². The highest BCUT2D eigenvalue weighted by Crippen LogP contribution is 2.25. The number of aryl methyl sites for hydroxylation is 2. The molecule has 0 amide bonds. The molecule has 0 fully saturated rings. The van der Waals surface area contributed by atoms with E-state index in [1.807, 2.05) is 26.0 Å². The second-order valence-electron chi connectivity index (χ2n) is 6.69. The summed E-state index contributed by atoms with van der Waals surface area (Å²) in [5, 5.41) is 12.7. The fourth-order valence-electron chi connectivity index (χ4n) is 2.99. The van der Waals surface area contributed by atoms with Gasteiger partial charge in [0, 0.05) is 5.69 Å². The minimum Gasteiger partial charge on any atom is -0.490 e. The SMILES string of the molecule is COc1cn(Cc2ccc(F)c(Cl)c2)c(Nc2cc(CO)c(C)cc2C)nc1=O. The molecule has 152 valence electrons. The van der Waals surface area contributed by atoms with Gasteiger partial charge in [-0.1, -0.05) is 23.7 Å². The summed E-state index contributed by atoms with van der Waals surface area (Å²) in [6, 6.07) is 8.18. The molecule has 0 atom stereocenters. The van der Waals surface area contributed by atoms with Gasteiger partial charge < -0.3 is 19.7 Å². The van der Waals surface area contributed by atoms with Crippen LogP contribution < -0.4 is 15.6 Å². The van der Waals surface area contributed by atoms with Crippen molar-refractivity contribution in [2.75, 3.05) is 12.4 Å². The Hall–Kier alpha value is -2.90. The lowest BCUT2D eigenvalue weighted by molar-refractivity contribution is 0.281. The summed E-state index contributed by atoms with van der Waals surface area (Å²) < 4.78 is 20.3. The molecule has 2 aromatic carbocycles. The first-order valence-corrected chi connectivity index (χ1v) is 9.27. The van der Waals surface area contributed by atoms with Gasteiger partial charge >= 0.3 is 5.56 Å². The van der Waals surface area contributed by atoms with Gasteiger partial charge in [0.15, 0.2) is 0 Å². The third-order valence-electron chi connectivity index (χ3n) is 4.62. The van der Waals surface area contributed by atoms with Crippen LogP contribution in [0.1, 0.15) is 22.3 Å². The Kier molecular flexibility index (Phi) is 6.20. The van der Waals surface area contributed by atoms with E-state index in [-0.39, 0.29) is 29.9 Å². The quantitative estimate of drug-likeness (QED) is 0.635. The van der Waals surface area contributed by atoms with Gasteiger partial charge in [0.1, 0.15) is 5.82 Å². The van der Waals surface area contributed by atoms with E-state index >= 15 is 0 Å². The first kappa shape index (κ1) is 20.8. The normalized spacial score (nSPS) is 10.8. The van der Waals surface area contributed by atoms with Gasteiger partial charge in [0.25, 0.3) is 0 Å². The van der Waals surface area contributed by atoms with Crippen molar-refractivity contribution in [3.63, 3.8) is 0 Å². The number of nitrogens with one attached hydrogen (secondary N) is 1. The molecule has 0 aliphatic rings. The van der Waals surface area contributed by atoms with E-state index in [2.05, 4.69) is 10.3 Å². The predicted octanol–water partition coefficient (Wildman–Crippen LogP) is 3.95. The van der Waals surface area contributed by atoms with Crippen LogP contribution in [-0.4, -0.2) is 21.8 Å². The van der Waals surface area contributed by atoms with Crippen molar-refractivity contribution in [2.24, 2.45) is 0 Å². The Morgan fingerprint density at radius 3 is 2.66 bits per heavy atom. The Morgan fingerprint density at radius 1 is 1.24 bits per heavy atom. The number of ether oxygens (including phenoxy) is 1. The number of anilines is 2. The molecule has 0 unspecified atom stereocenters. The van der Waals surface area contributed by atoms with Crippen LogP contribution in [0.4, 0.5) is 16.0 Å². The number of halogens is 2. The molecule has 0 aliphatic heterocycles. The highest BCUT2D eigenvalue weighted by atomic mass is 35.5. The third-order valence-corrected chi connectivity index (χ3v) is 4.91. The number of aromatic nitrogens is 2. The van der Waals surface area contributed by atoms with Crippen molar-refractivity contribution < 1.29 is 14.2 Å². The fraction of sp³-hybridized carbons (Fsp3) is 0.238. The summed E-state index contributed by atoms with van der Waals surface area (Å²) in [7, 11) is 1.39. The number of benzene rings is 2. The van der Waals surface area contributed by atoms with Crippen LogP contribution in [0.2, 0.25) is 5.02 Å². The first-order chi connectivity index (χ1) is 13.8. The highest BCUT2D eigenvalue weighted by Gasteiger charge is 2.13. The van der Waals surface area contributed by atoms with Crippen LogP contribution in [0.15, 0.2) is 41.3 Å². The van der Waals surface area contributed by atoms with Gasteiger partial charge in [-0.15, -0.1) is 0 Å².